The molecule has 1 amide bonds. The molecule has 9 heteroatoms. The fourth-order valence-electron chi connectivity index (χ4n) is 4.44. The van der Waals surface area contributed by atoms with Crippen LogP contribution in [0.3, 0.4) is 0 Å². The summed E-state index contributed by atoms with van der Waals surface area (Å²) in [4.78, 5) is 27.8. The van der Waals surface area contributed by atoms with Gasteiger partial charge in [0, 0.05) is 48.2 Å². The van der Waals surface area contributed by atoms with Crippen molar-refractivity contribution in [2.24, 2.45) is 0 Å². The second-order valence-electron chi connectivity index (χ2n) is 8.47. The molecule has 34 heavy (non-hydrogen) atoms. The highest BCUT2D eigenvalue weighted by Gasteiger charge is 2.30. The Morgan fingerprint density at radius 3 is 2.71 bits per heavy atom. The Balaban J connectivity index is 1.48. The Morgan fingerprint density at radius 1 is 1.15 bits per heavy atom. The van der Waals surface area contributed by atoms with Crippen LogP contribution in [-0.2, 0) is 0 Å². The number of aromatic nitrogens is 4. The molecule has 4 heterocycles. The number of imidazole rings is 1. The van der Waals surface area contributed by atoms with Gasteiger partial charge in [-0.3, -0.25) is 9.20 Å². The maximum atomic E-state index is 12.6. The second kappa shape index (κ2) is 8.83. The van der Waals surface area contributed by atoms with Crippen LogP contribution in [-0.4, -0.2) is 42.7 Å². The van der Waals surface area contributed by atoms with E-state index >= 15 is 0 Å². The van der Waals surface area contributed by atoms with Crippen LogP contribution in [0.2, 0.25) is 0 Å². The summed E-state index contributed by atoms with van der Waals surface area (Å²) in [7, 11) is 0. The number of hydrogen-bond acceptors (Lipinski definition) is 7. The molecular weight excluding hydrogens is 428 g/mol. The summed E-state index contributed by atoms with van der Waals surface area (Å²) in [5, 5.41) is 12.3. The lowest BCUT2D eigenvalue weighted by Crippen LogP contribution is -2.37. The Kier molecular flexibility index (Phi) is 5.55. The number of nitriles is 1. The minimum Gasteiger partial charge on any atom is -0.382 e. The van der Waals surface area contributed by atoms with Crippen molar-refractivity contribution in [1.29, 1.82) is 5.26 Å². The van der Waals surface area contributed by atoms with Gasteiger partial charge in [-0.2, -0.15) is 5.26 Å². The number of carbonyl (C=O) groups excluding carboxylic acids is 1. The summed E-state index contributed by atoms with van der Waals surface area (Å²) in [5.41, 5.74) is 9.05. The molecule has 170 valence electrons. The largest absolute Gasteiger partial charge is 0.382 e. The third-order valence-corrected chi connectivity index (χ3v) is 6.31. The van der Waals surface area contributed by atoms with Crippen molar-refractivity contribution >= 4 is 23.1 Å². The molecule has 1 aliphatic rings. The molecule has 0 bridgehead atoms. The first-order valence-electron chi connectivity index (χ1n) is 11.2. The lowest BCUT2D eigenvalue weighted by atomic mass is 9.93. The first-order valence-corrected chi connectivity index (χ1v) is 11.2. The topological polar surface area (TPSA) is 125 Å². The number of rotatable bonds is 4. The van der Waals surface area contributed by atoms with E-state index in [4.69, 9.17) is 10.7 Å². The summed E-state index contributed by atoms with van der Waals surface area (Å²) in [6.07, 6.45) is 9.31. The number of pyridine rings is 1. The van der Waals surface area contributed by atoms with E-state index in [0.717, 1.165) is 29.7 Å². The van der Waals surface area contributed by atoms with Crippen LogP contribution in [0, 0.1) is 11.5 Å². The van der Waals surface area contributed by atoms with E-state index in [1.165, 1.54) is 0 Å². The predicted molar refractivity (Wildman–Crippen MR) is 129 cm³/mol. The van der Waals surface area contributed by atoms with Crippen LogP contribution >= 0.6 is 0 Å². The number of benzene rings is 1. The first kappa shape index (κ1) is 21.4. The lowest BCUT2D eigenvalue weighted by Gasteiger charge is -2.33. The number of carbonyl (C=O) groups is 1. The molecule has 1 fully saturated rings. The van der Waals surface area contributed by atoms with Crippen molar-refractivity contribution in [3.05, 3.63) is 72.4 Å². The van der Waals surface area contributed by atoms with Gasteiger partial charge in [0.15, 0.2) is 6.19 Å². The zero-order valence-corrected chi connectivity index (χ0v) is 18.7. The number of nitrogens with zero attached hydrogens (tertiary/aromatic N) is 6. The molecule has 1 aliphatic heterocycles. The lowest BCUT2D eigenvalue weighted by molar-refractivity contribution is 0.102. The fourth-order valence-corrected chi connectivity index (χ4v) is 4.44. The Morgan fingerprint density at radius 2 is 1.97 bits per heavy atom. The molecule has 1 aromatic carbocycles. The summed E-state index contributed by atoms with van der Waals surface area (Å²) in [6.45, 7) is 2.69. The summed E-state index contributed by atoms with van der Waals surface area (Å²) in [6, 6.07) is 12.8. The predicted octanol–water partition coefficient (Wildman–Crippen LogP) is 3.67. The summed E-state index contributed by atoms with van der Waals surface area (Å²) < 4.78 is 1.98. The van der Waals surface area contributed by atoms with E-state index in [2.05, 4.69) is 28.4 Å². The van der Waals surface area contributed by atoms with E-state index in [-0.39, 0.29) is 17.9 Å². The zero-order chi connectivity index (χ0) is 23.7. The number of nitrogens with two attached hydrogens (primary N) is 1. The number of hydrogen-bond donors (Lipinski definition) is 2. The summed E-state index contributed by atoms with van der Waals surface area (Å²) >= 11 is 0. The van der Waals surface area contributed by atoms with Crippen LogP contribution in [0.25, 0.3) is 16.8 Å². The van der Waals surface area contributed by atoms with E-state index in [1.54, 1.807) is 36.7 Å². The average molecular weight is 453 g/mol. The van der Waals surface area contributed by atoms with E-state index in [9.17, 15) is 10.1 Å². The molecule has 9 nitrogen and oxygen atoms in total. The van der Waals surface area contributed by atoms with Gasteiger partial charge in [0.2, 0.25) is 0 Å². The van der Waals surface area contributed by atoms with Crippen LogP contribution in [0.4, 0.5) is 11.6 Å². The SMILES string of the molecule is C[C@H]1CC[C@@H](c2nc(-c3ccc(C(=O)Nc4ccccn4)cc3)c3c(N)nccn23)CN1C#N. The molecule has 1 saturated heterocycles. The van der Waals surface area contributed by atoms with Crippen molar-refractivity contribution in [2.75, 3.05) is 17.6 Å². The van der Waals surface area contributed by atoms with Gasteiger partial charge < -0.3 is 16.0 Å². The molecule has 0 radical (unpaired) electrons. The highest BCUT2D eigenvalue weighted by Crippen LogP contribution is 2.35. The minimum absolute atomic E-state index is 0.0994. The molecule has 0 unspecified atom stereocenters. The van der Waals surface area contributed by atoms with Gasteiger partial charge in [-0.1, -0.05) is 18.2 Å². The van der Waals surface area contributed by atoms with E-state index in [0.29, 0.717) is 29.4 Å². The summed E-state index contributed by atoms with van der Waals surface area (Å²) in [5.74, 6) is 1.60. The molecule has 3 N–H and O–H groups in total. The van der Waals surface area contributed by atoms with Gasteiger partial charge in [-0.25, -0.2) is 15.0 Å². The fraction of sp³-hybridized carbons (Fsp3) is 0.240. The third-order valence-electron chi connectivity index (χ3n) is 6.31. The molecule has 0 saturated carbocycles. The van der Waals surface area contributed by atoms with Crippen molar-refractivity contribution in [3.8, 4) is 17.5 Å². The van der Waals surface area contributed by atoms with Crippen LogP contribution in [0.1, 0.15) is 41.9 Å². The highest BCUT2D eigenvalue weighted by molar-refractivity contribution is 6.04. The smallest absolute Gasteiger partial charge is 0.256 e. The number of likely N-dealkylation sites (tertiary alicyclic amines) is 1. The Labute approximate surface area is 196 Å². The van der Waals surface area contributed by atoms with Crippen molar-refractivity contribution < 1.29 is 4.79 Å². The first-order chi connectivity index (χ1) is 16.5. The third kappa shape index (κ3) is 3.90. The number of nitrogens with one attached hydrogen (secondary N) is 1. The van der Waals surface area contributed by atoms with E-state index in [1.807, 2.05) is 33.7 Å². The number of piperidine rings is 1. The van der Waals surface area contributed by atoms with Gasteiger partial charge in [0.05, 0.1) is 0 Å². The Hall–Kier alpha value is -4.45. The van der Waals surface area contributed by atoms with Crippen LogP contribution < -0.4 is 11.1 Å². The van der Waals surface area contributed by atoms with Gasteiger partial charge in [-0.15, -0.1) is 0 Å². The second-order valence-corrected chi connectivity index (χ2v) is 8.47. The Bertz CT molecular complexity index is 1370. The van der Waals surface area contributed by atoms with Crippen LogP contribution in [0.15, 0.2) is 61.1 Å². The van der Waals surface area contributed by atoms with Gasteiger partial charge >= 0.3 is 0 Å². The molecular formula is C25H24N8O. The van der Waals surface area contributed by atoms with E-state index < -0.39 is 0 Å². The molecule has 5 rings (SSSR count). The normalized spacial score (nSPS) is 17.9. The van der Waals surface area contributed by atoms with Crippen LogP contribution in [0.5, 0.6) is 0 Å². The van der Waals surface area contributed by atoms with Gasteiger partial charge in [0.1, 0.15) is 28.7 Å². The zero-order valence-electron chi connectivity index (χ0n) is 18.7. The van der Waals surface area contributed by atoms with Gasteiger partial charge in [-0.05, 0) is 44.0 Å². The maximum Gasteiger partial charge on any atom is 0.256 e. The van der Waals surface area contributed by atoms with Crippen molar-refractivity contribution in [2.45, 2.75) is 31.7 Å². The number of fused-ring (bicyclic) bond motifs is 1. The highest BCUT2D eigenvalue weighted by atomic mass is 16.1. The molecule has 4 aromatic rings. The minimum atomic E-state index is -0.241. The monoisotopic (exact) mass is 452 g/mol. The molecule has 0 spiro atoms. The molecule has 3 aromatic heterocycles. The van der Waals surface area contributed by atoms with Crippen molar-refractivity contribution in [1.82, 2.24) is 24.3 Å². The molecule has 0 aliphatic carbocycles. The quantitative estimate of drug-likeness (QED) is 0.453. The van der Waals surface area contributed by atoms with Crippen molar-refractivity contribution in [3.63, 3.8) is 0 Å². The average Bonchev–Trinajstić information content (AvgIpc) is 3.26. The number of anilines is 2. The number of nitrogen functional groups attached to an aromatic ring is 1. The standard InChI is InChI=1S/C25H24N8O/c1-16-5-6-19(14-32(16)15-26)24-31-21(22-23(27)29-12-13-33(22)24)17-7-9-18(10-8-17)25(34)30-20-4-2-3-11-28-20/h2-4,7-13,16,19H,5-6,14H2,1H3,(H2,27,29)(H,28,30,34)/t16-,19+/m0/s1. The molecule has 2 atom stereocenters. The number of amides is 1. The maximum absolute atomic E-state index is 12.6. The van der Waals surface area contributed by atoms with Gasteiger partial charge in [0.25, 0.3) is 5.91 Å².